The molecule has 0 amide bonds. The quantitative estimate of drug-likeness (QED) is 0.356. The monoisotopic (exact) mass is 116 g/mol. The van der Waals surface area contributed by atoms with Gasteiger partial charge >= 0.3 is 5.97 Å². The molecule has 1 rings (SSSR count). The highest BCUT2D eigenvalue weighted by Crippen LogP contribution is 2.21. The average molecular weight is 116 g/mol. The van der Waals surface area contributed by atoms with E-state index in [0.29, 0.717) is 0 Å². The summed E-state index contributed by atoms with van der Waals surface area (Å²) >= 11 is 0. The number of hydrogen-bond acceptors (Lipinski definition) is 3. The molecule has 8 heavy (non-hydrogen) atoms. The Morgan fingerprint density at radius 3 is 2.38 bits per heavy atom. The van der Waals surface area contributed by atoms with E-state index in [-0.39, 0.29) is 18.2 Å². The van der Waals surface area contributed by atoms with Crippen molar-refractivity contribution in [1.29, 1.82) is 0 Å². The smallest absolute Gasteiger partial charge is 0.337 e. The zero-order valence-corrected chi connectivity index (χ0v) is 4.88. The second-order valence-corrected chi connectivity index (χ2v) is 1.78. The molecule has 46 valence electrons. The van der Waals surface area contributed by atoms with E-state index in [1.165, 1.54) is 7.11 Å². The fraction of sp³-hybridized carbons (Fsp3) is 0.800. The number of hydrogen-bond donors (Lipinski definition) is 0. The van der Waals surface area contributed by atoms with E-state index in [1.807, 2.05) is 6.92 Å². The van der Waals surface area contributed by atoms with Crippen LogP contribution in [0.25, 0.3) is 0 Å². The van der Waals surface area contributed by atoms with Crippen LogP contribution < -0.4 is 0 Å². The van der Waals surface area contributed by atoms with Crippen LogP contribution >= 0.6 is 0 Å². The van der Waals surface area contributed by atoms with Crippen molar-refractivity contribution in [3.05, 3.63) is 0 Å². The largest absolute Gasteiger partial charge is 0.467 e. The molecule has 1 saturated heterocycles. The van der Waals surface area contributed by atoms with Gasteiger partial charge in [0.05, 0.1) is 13.2 Å². The van der Waals surface area contributed by atoms with Crippen molar-refractivity contribution in [3.63, 3.8) is 0 Å². The lowest BCUT2D eigenvalue weighted by Crippen LogP contribution is -2.09. The number of ether oxygens (including phenoxy) is 2. The van der Waals surface area contributed by atoms with Gasteiger partial charge in [-0.3, -0.25) is 0 Å². The first kappa shape index (κ1) is 5.56. The lowest BCUT2D eigenvalue weighted by atomic mass is 10.3. The molecule has 1 aliphatic heterocycles. The predicted octanol–water partition coefficient (Wildman–Crippen LogP) is -0.0533. The Balaban J connectivity index is 2.28. The number of rotatable bonds is 1. The van der Waals surface area contributed by atoms with E-state index < -0.39 is 0 Å². The van der Waals surface area contributed by atoms with Crippen molar-refractivity contribution in [2.24, 2.45) is 0 Å². The van der Waals surface area contributed by atoms with Crippen LogP contribution in [0.1, 0.15) is 6.92 Å². The second-order valence-electron chi connectivity index (χ2n) is 1.78. The molecule has 0 aromatic heterocycles. The number of methoxy groups -OCH3 is 1. The Hall–Kier alpha value is -0.570. The minimum Gasteiger partial charge on any atom is -0.467 e. The van der Waals surface area contributed by atoms with Crippen LogP contribution in [0.3, 0.4) is 0 Å². The van der Waals surface area contributed by atoms with E-state index in [4.69, 9.17) is 4.74 Å². The topological polar surface area (TPSA) is 38.8 Å². The Labute approximate surface area is 47.6 Å². The van der Waals surface area contributed by atoms with Gasteiger partial charge in [-0.2, -0.15) is 0 Å². The normalized spacial score (nSPS) is 34.2. The molecular formula is C5H8O3. The highest BCUT2D eigenvalue weighted by molar-refractivity contribution is 5.77. The van der Waals surface area contributed by atoms with Crippen molar-refractivity contribution in [2.75, 3.05) is 7.11 Å². The van der Waals surface area contributed by atoms with E-state index in [1.54, 1.807) is 0 Å². The fourth-order valence-electron chi connectivity index (χ4n) is 0.549. The van der Waals surface area contributed by atoms with Crippen molar-refractivity contribution >= 4 is 5.97 Å². The lowest BCUT2D eigenvalue weighted by Gasteiger charge is -1.88. The minimum absolute atomic E-state index is 0.0717. The van der Waals surface area contributed by atoms with Gasteiger partial charge in [0, 0.05) is 0 Å². The van der Waals surface area contributed by atoms with Crippen LogP contribution in [0.15, 0.2) is 0 Å². The van der Waals surface area contributed by atoms with Gasteiger partial charge < -0.3 is 9.47 Å². The molecule has 0 unspecified atom stereocenters. The van der Waals surface area contributed by atoms with Crippen LogP contribution in [-0.2, 0) is 14.3 Å². The maximum absolute atomic E-state index is 10.4. The van der Waals surface area contributed by atoms with Crippen LogP contribution in [0.5, 0.6) is 0 Å². The second kappa shape index (κ2) is 1.74. The first-order chi connectivity index (χ1) is 3.75. The Bertz CT molecular complexity index is 110. The third-order valence-corrected chi connectivity index (χ3v) is 1.14. The van der Waals surface area contributed by atoms with Gasteiger partial charge in [-0.1, -0.05) is 0 Å². The van der Waals surface area contributed by atoms with E-state index >= 15 is 0 Å². The number of esters is 1. The van der Waals surface area contributed by atoms with Gasteiger partial charge in [-0.05, 0) is 6.92 Å². The molecular weight excluding hydrogens is 108 g/mol. The van der Waals surface area contributed by atoms with Gasteiger partial charge in [0.1, 0.15) is 0 Å². The summed E-state index contributed by atoms with van der Waals surface area (Å²) in [5.41, 5.74) is 0. The Kier molecular flexibility index (Phi) is 1.21. The zero-order chi connectivity index (χ0) is 6.15. The predicted molar refractivity (Wildman–Crippen MR) is 26.4 cm³/mol. The summed E-state index contributed by atoms with van der Waals surface area (Å²) in [6.45, 7) is 1.83. The molecule has 0 aromatic carbocycles. The summed E-state index contributed by atoms with van der Waals surface area (Å²) in [7, 11) is 1.36. The van der Waals surface area contributed by atoms with Crippen LogP contribution in [0.2, 0.25) is 0 Å². The molecule has 1 fully saturated rings. The van der Waals surface area contributed by atoms with Crippen LogP contribution in [0, 0.1) is 0 Å². The molecule has 0 radical (unpaired) electrons. The molecule has 0 aliphatic carbocycles. The third kappa shape index (κ3) is 0.816. The van der Waals surface area contributed by atoms with Gasteiger partial charge in [0.2, 0.25) is 0 Å². The van der Waals surface area contributed by atoms with Crippen molar-refractivity contribution in [2.45, 2.75) is 19.1 Å². The fourth-order valence-corrected chi connectivity index (χ4v) is 0.549. The van der Waals surface area contributed by atoms with Gasteiger partial charge in [0.25, 0.3) is 0 Å². The summed E-state index contributed by atoms with van der Waals surface area (Å²) in [5.74, 6) is -0.266. The number of carbonyl (C=O) groups excluding carboxylic acids is 1. The van der Waals surface area contributed by atoms with E-state index in [2.05, 4.69) is 4.74 Å². The molecule has 1 aliphatic rings. The maximum Gasteiger partial charge on any atom is 0.337 e. The summed E-state index contributed by atoms with van der Waals surface area (Å²) in [6.07, 6.45) is -0.206. The van der Waals surface area contributed by atoms with E-state index in [0.717, 1.165) is 0 Å². The molecule has 3 heteroatoms. The summed E-state index contributed by atoms with van der Waals surface area (Å²) in [6, 6.07) is 0. The number of epoxide rings is 1. The molecule has 0 bridgehead atoms. The average Bonchev–Trinajstić information content (AvgIpc) is 2.45. The van der Waals surface area contributed by atoms with Crippen LogP contribution in [0.4, 0.5) is 0 Å². The molecule has 0 N–H and O–H groups in total. The molecule has 2 atom stereocenters. The maximum atomic E-state index is 10.4. The minimum atomic E-state index is -0.278. The Morgan fingerprint density at radius 2 is 2.25 bits per heavy atom. The highest BCUT2D eigenvalue weighted by atomic mass is 16.6. The van der Waals surface area contributed by atoms with Gasteiger partial charge in [-0.25, -0.2) is 4.79 Å². The molecule has 3 nitrogen and oxygen atoms in total. The summed E-state index contributed by atoms with van der Waals surface area (Å²) in [5, 5.41) is 0. The SMILES string of the molecule is COC(=O)[C@H]1O[C@@H]1C. The van der Waals surface area contributed by atoms with Crippen molar-refractivity contribution < 1.29 is 14.3 Å². The molecule has 0 spiro atoms. The van der Waals surface area contributed by atoms with Crippen molar-refractivity contribution in [3.8, 4) is 0 Å². The first-order valence-electron chi connectivity index (χ1n) is 2.49. The lowest BCUT2D eigenvalue weighted by molar-refractivity contribution is -0.142. The van der Waals surface area contributed by atoms with Crippen molar-refractivity contribution in [1.82, 2.24) is 0 Å². The third-order valence-electron chi connectivity index (χ3n) is 1.14. The standard InChI is InChI=1S/C5H8O3/c1-3-4(8-3)5(6)7-2/h3-4H,1-2H3/t3-,4+/m1/s1. The van der Waals surface area contributed by atoms with Crippen LogP contribution in [-0.4, -0.2) is 25.3 Å². The summed E-state index contributed by atoms with van der Waals surface area (Å²) in [4.78, 5) is 10.4. The molecule has 0 saturated carbocycles. The molecule has 0 aromatic rings. The Morgan fingerprint density at radius 1 is 1.75 bits per heavy atom. The summed E-state index contributed by atoms with van der Waals surface area (Å²) < 4.78 is 9.18. The van der Waals surface area contributed by atoms with Gasteiger partial charge in [0.15, 0.2) is 6.10 Å². The van der Waals surface area contributed by atoms with Gasteiger partial charge in [-0.15, -0.1) is 0 Å². The highest BCUT2D eigenvalue weighted by Gasteiger charge is 2.42. The van der Waals surface area contributed by atoms with E-state index in [9.17, 15) is 4.79 Å². The number of carbonyl (C=O) groups is 1. The first-order valence-corrected chi connectivity index (χ1v) is 2.49. The zero-order valence-electron chi connectivity index (χ0n) is 4.88. The molecule has 1 heterocycles.